The molecule has 6 nitrogen and oxygen atoms in total. The Balaban J connectivity index is 2.62. The van der Waals surface area contributed by atoms with E-state index in [1.807, 2.05) is 23.9 Å². The van der Waals surface area contributed by atoms with Crippen molar-refractivity contribution in [3.05, 3.63) is 47.0 Å². The summed E-state index contributed by atoms with van der Waals surface area (Å²) in [7, 11) is 0. The number of allylic oxidation sites excluding steroid dienone is 1. The Hall–Kier alpha value is -2.72. The zero-order chi connectivity index (χ0) is 15.6. The molecule has 2 rings (SSSR count). The minimum Gasteiger partial charge on any atom is -0.478 e. The number of hydrogen-bond donors (Lipinski definition) is 3. The number of carbonyl (C=O) groups is 1. The fraction of sp³-hybridized carbons (Fsp3) is 0.267. The van der Waals surface area contributed by atoms with Crippen LogP contribution in [0, 0.1) is 10.8 Å². The maximum atomic E-state index is 11.5. The molecule has 108 valence electrons. The van der Waals surface area contributed by atoms with Crippen LogP contribution in [0.4, 0.5) is 0 Å². The molecule has 0 saturated heterocycles. The highest BCUT2D eigenvalue weighted by molar-refractivity contribution is 6.07. The van der Waals surface area contributed by atoms with Crippen LogP contribution in [0.25, 0.3) is 0 Å². The molecular formula is C15H16N3O3+. The van der Waals surface area contributed by atoms with Crippen molar-refractivity contribution in [2.24, 2.45) is 0 Å². The van der Waals surface area contributed by atoms with Gasteiger partial charge in [-0.25, -0.2) is 9.36 Å². The summed E-state index contributed by atoms with van der Waals surface area (Å²) in [6.07, 6.45) is 3.68. The summed E-state index contributed by atoms with van der Waals surface area (Å²) in [5, 5.41) is 24.6. The highest BCUT2D eigenvalue weighted by Crippen LogP contribution is 2.37. The second kappa shape index (κ2) is 5.73. The van der Waals surface area contributed by atoms with E-state index in [-0.39, 0.29) is 22.8 Å². The van der Waals surface area contributed by atoms with Gasteiger partial charge in [0.2, 0.25) is 5.90 Å². The first-order valence-electron chi connectivity index (χ1n) is 6.49. The second-order valence-corrected chi connectivity index (χ2v) is 4.64. The van der Waals surface area contributed by atoms with Crippen molar-refractivity contribution >= 4 is 17.7 Å². The fourth-order valence-electron chi connectivity index (χ4n) is 2.35. The maximum absolute atomic E-state index is 11.5. The second-order valence-electron chi connectivity index (χ2n) is 4.64. The van der Waals surface area contributed by atoms with Crippen LogP contribution in [0.5, 0.6) is 0 Å². The summed E-state index contributed by atoms with van der Waals surface area (Å²) in [4.78, 5) is 11.5. The van der Waals surface area contributed by atoms with Gasteiger partial charge in [0.25, 0.3) is 0 Å². The van der Waals surface area contributed by atoms with E-state index in [2.05, 4.69) is 5.87 Å². The quantitative estimate of drug-likeness (QED) is 0.581. The standard InChI is InChI=1S/C15H15N3O3/c1-3-18-6-4-10(5-7-18)13-11(8-16)14(17)21-9(2)12(13)15(19)20/h4-7,13,16-17H,3H2,1-2H3/p+1. The van der Waals surface area contributed by atoms with Crippen LogP contribution in [0.2, 0.25) is 0 Å². The van der Waals surface area contributed by atoms with E-state index in [0.717, 1.165) is 6.54 Å². The Morgan fingerprint density at radius 3 is 2.57 bits per heavy atom. The van der Waals surface area contributed by atoms with Gasteiger partial charge in [0.1, 0.15) is 12.3 Å². The highest BCUT2D eigenvalue weighted by atomic mass is 16.5. The van der Waals surface area contributed by atoms with Crippen molar-refractivity contribution in [3.63, 3.8) is 0 Å². The number of ether oxygens (including phenoxy) is 1. The van der Waals surface area contributed by atoms with Gasteiger partial charge in [-0.15, -0.1) is 0 Å². The molecule has 0 aliphatic carbocycles. The first-order valence-corrected chi connectivity index (χ1v) is 6.49. The fourth-order valence-corrected chi connectivity index (χ4v) is 2.35. The van der Waals surface area contributed by atoms with Crippen molar-refractivity contribution in [2.75, 3.05) is 0 Å². The Morgan fingerprint density at radius 2 is 2.10 bits per heavy atom. The maximum Gasteiger partial charge on any atom is 0.336 e. The van der Waals surface area contributed by atoms with Gasteiger partial charge in [0.15, 0.2) is 12.4 Å². The molecule has 0 amide bonds. The molecular weight excluding hydrogens is 270 g/mol. The number of aryl methyl sites for hydroxylation is 1. The SMILES string of the molecule is CC[n+]1ccc(C2C(=C=N)C(=N)OC(C)=C2C(=O)O)cc1. The molecule has 1 aromatic rings. The normalized spacial score (nSPS) is 18.3. The van der Waals surface area contributed by atoms with E-state index in [0.29, 0.717) is 5.56 Å². The average Bonchev–Trinajstić information content (AvgIpc) is 2.46. The first-order chi connectivity index (χ1) is 9.99. The van der Waals surface area contributed by atoms with Gasteiger partial charge in [-0.05, 0) is 25.3 Å². The van der Waals surface area contributed by atoms with Gasteiger partial charge in [-0.3, -0.25) is 10.8 Å². The molecule has 1 aromatic heterocycles. The Bertz CT molecular complexity index is 683. The third-order valence-electron chi connectivity index (χ3n) is 3.44. The van der Waals surface area contributed by atoms with E-state index < -0.39 is 11.9 Å². The molecule has 21 heavy (non-hydrogen) atoms. The number of carboxylic acid groups (broad SMARTS) is 1. The molecule has 0 fully saturated rings. The minimum atomic E-state index is -1.12. The van der Waals surface area contributed by atoms with Crippen LogP contribution in [-0.4, -0.2) is 22.8 Å². The summed E-state index contributed by atoms with van der Waals surface area (Å²) < 4.78 is 7.06. The molecule has 1 atom stereocenters. The number of aliphatic carboxylic acids is 1. The molecule has 6 heteroatoms. The van der Waals surface area contributed by atoms with Gasteiger partial charge in [-0.1, -0.05) is 0 Å². The summed E-state index contributed by atoms with van der Waals surface area (Å²) >= 11 is 0. The number of rotatable bonds is 3. The van der Waals surface area contributed by atoms with Gasteiger partial charge >= 0.3 is 5.97 Å². The van der Waals surface area contributed by atoms with Crippen LogP contribution in [0.15, 0.2) is 41.4 Å². The van der Waals surface area contributed by atoms with Crippen LogP contribution >= 0.6 is 0 Å². The van der Waals surface area contributed by atoms with Gasteiger partial charge in [0.05, 0.1) is 17.1 Å². The summed E-state index contributed by atoms with van der Waals surface area (Å²) in [5.41, 5.74) is 0.849. The molecule has 0 saturated carbocycles. The lowest BCUT2D eigenvalue weighted by atomic mass is 9.83. The van der Waals surface area contributed by atoms with Crippen molar-refractivity contribution in [1.29, 1.82) is 10.8 Å². The summed E-state index contributed by atoms with van der Waals surface area (Å²) in [6.45, 7) is 4.32. The van der Waals surface area contributed by atoms with E-state index >= 15 is 0 Å². The van der Waals surface area contributed by atoms with Crippen molar-refractivity contribution in [3.8, 4) is 0 Å². The topological polar surface area (TPSA) is 98.1 Å². The molecule has 0 radical (unpaired) electrons. The lowest BCUT2D eigenvalue weighted by molar-refractivity contribution is -0.693. The highest BCUT2D eigenvalue weighted by Gasteiger charge is 2.36. The number of carboxylic acids is 1. The molecule has 1 aliphatic heterocycles. The molecule has 3 N–H and O–H groups in total. The lowest BCUT2D eigenvalue weighted by Gasteiger charge is -2.26. The number of pyridine rings is 1. The monoisotopic (exact) mass is 286 g/mol. The predicted molar refractivity (Wildman–Crippen MR) is 75.4 cm³/mol. The van der Waals surface area contributed by atoms with E-state index in [4.69, 9.17) is 15.6 Å². The molecule has 1 unspecified atom stereocenters. The Kier molecular flexibility index (Phi) is 4.00. The summed E-state index contributed by atoms with van der Waals surface area (Å²) in [5.74, 6) is 0.252. The molecule has 0 aromatic carbocycles. The zero-order valence-corrected chi connectivity index (χ0v) is 11.8. The third kappa shape index (κ3) is 2.61. The lowest BCUT2D eigenvalue weighted by Crippen LogP contribution is -2.32. The largest absolute Gasteiger partial charge is 0.478 e. The van der Waals surface area contributed by atoms with Gasteiger partial charge < -0.3 is 9.84 Å². The van der Waals surface area contributed by atoms with Gasteiger partial charge in [-0.2, -0.15) is 0 Å². The zero-order valence-electron chi connectivity index (χ0n) is 11.8. The van der Waals surface area contributed by atoms with E-state index in [1.54, 1.807) is 12.1 Å². The number of nitrogens with one attached hydrogen (secondary N) is 2. The van der Waals surface area contributed by atoms with Crippen LogP contribution < -0.4 is 4.57 Å². The first kappa shape index (κ1) is 14.7. The van der Waals surface area contributed by atoms with Crippen molar-refractivity contribution in [1.82, 2.24) is 0 Å². The van der Waals surface area contributed by atoms with E-state index in [1.165, 1.54) is 6.92 Å². The van der Waals surface area contributed by atoms with Crippen molar-refractivity contribution in [2.45, 2.75) is 26.3 Å². The summed E-state index contributed by atoms with van der Waals surface area (Å²) in [6, 6.07) is 3.58. The van der Waals surface area contributed by atoms with Crippen LogP contribution in [-0.2, 0) is 16.1 Å². The number of hydrogen-bond acceptors (Lipinski definition) is 4. The Morgan fingerprint density at radius 1 is 1.48 bits per heavy atom. The number of aromatic nitrogens is 1. The predicted octanol–water partition coefficient (Wildman–Crippen LogP) is 1.62. The smallest absolute Gasteiger partial charge is 0.336 e. The van der Waals surface area contributed by atoms with Crippen LogP contribution in [0.3, 0.4) is 0 Å². The van der Waals surface area contributed by atoms with Crippen molar-refractivity contribution < 1.29 is 19.2 Å². The minimum absolute atomic E-state index is 0.0370. The molecule has 1 aliphatic rings. The average molecular weight is 286 g/mol. The molecule has 0 spiro atoms. The van der Waals surface area contributed by atoms with Crippen LogP contribution in [0.1, 0.15) is 25.3 Å². The molecule has 2 heterocycles. The Labute approximate surface area is 122 Å². The third-order valence-corrected chi connectivity index (χ3v) is 3.44. The van der Waals surface area contributed by atoms with Gasteiger partial charge in [0, 0.05) is 12.1 Å². The van der Waals surface area contributed by atoms with E-state index in [9.17, 15) is 9.90 Å². The molecule has 0 bridgehead atoms. The number of nitrogens with zero attached hydrogens (tertiary/aromatic N) is 1.